The molecule has 1 unspecified atom stereocenters. The summed E-state index contributed by atoms with van der Waals surface area (Å²) in [6.45, 7) is 5.13. The standard InChI is InChI=1S/C14H22N2O2S/c1-3-12-7-5-9-16(10-12)19(17,18)14-11(2)6-4-8-13(14)15/h4,6,8,12H,3,5,7,9-10,15H2,1-2H3. The number of nitrogens with zero attached hydrogens (tertiary/aromatic N) is 1. The molecule has 5 heteroatoms. The molecule has 106 valence electrons. The zero-order valence-corrected chi connectivity index (χ0v) is 12.4. The van der Waals surface area contributed by atoms with Crippen LogP contribution in [0.2, 0.25) is 0 Å². The minimum absolute atomic E-state index is 0.284. The van der Waals surface area contributed by atoms with Crippen LogP contribution in [0, 0.1) is 12.8 Å². The average molecular weight is 282 g/mol. The van der Waals surface area contributed by atoms with E-state index in [0.29, 0.717) is 24.7 Å². The summed E-state index contributed by atoms with van der Waals surface area (Å²) in [6, 6.07) is 5.24. The predicted molar refractivity (Wildman–Crippen MR) is 77.4 cm³/mol. The molecule has 1 saturated heterocycles. The molecule has 1 aliphatic heterocycles. The number of hydrogen-bond donors (Lipinski definition) is 1. The van der Waals surface area contributed by atoms with Crippen molar-refractivity contribution in [2.75, 3.05) is 18.8 Å². The molecule has 0 aromatic heterocycles. The highest BCUT2D eigenvalue weighted by molar-refractivity contribution is 7.89. The zero-order valence-electron chi connectivity index (χ0n) is 11.6. The lowest BCUT2D eigenvalue weighted by molar-refractivity contribution is 0.261. The monoisotopic (exact) mass is 282 g/mol. The van der Waals surface area contributed by atoms with E-state index >= 15 is 0 Å². The average Bonchev–Trinajstić information content (AvgIpc) is 2.38. The Kier molecular flexibility index (Phi) is 4.16. The Morgan fingerprint density at radius 3 is 2.79 bits per heavy atom. The molecule has 2 rings (SSSR count). The predicted octanol–water partition coefficient (Wildman–Crippen LogP) is 2.39. The normalized spacial score (nSPS) is 21.5. The molecule has 0 saturated carbocycles. The Morgan fingerprint density at radius 1 is 1.42 bits per heavy atom. The fourth-order valence-electron chi connectivity index (χ4n) is 2.74. The third-order valence-corrected chi connectivity index (χ3v) is 5.98. The molecule has 1 atom stereocenters. The lowest BCUT2D eigenvalue weighted by atomic mass is 9.97. The van der Waals surface area contributed by atoms with E-state index in [9.17, 15) is 8.42 Å². The van der Waals surface area contributed by atoms with Crippen LogP contribution in [0.15, 0.2) is 23.1 Å². The minimum atomic E-state index is -3.46. The second-order valence-electron chi connectivity index (χ2n) is 5.27. The number of anilines is 1. The molecule has 19 heavy (non-hydrogen) atoms. The van der Waals surface area contributed by atoms with Gasteiger partial charge in [-0.3, -0.25) is 0 Å². The number of nitrogen functional groups attached to an aromatic ring is 1. The van der Waals surface area contributed by atoms with Crippen LogP contribution in [0.4, 0.5) is 5.69 Å². The summed E-state index contributed by atoms with van der Waals surface area (Å²) in [5, 5.41) is 0. The Hall–Kier alpha value is -1.07. The largest absolute Gasteiger partial charge is 0.398 e. The van der Waals surface area contributed by atoms with Crippen LogP contribution in [0.5, 0.6) is 0 Å². The van der Waals surface area contributed by atoms with Crippen LogP contribution in [0.3, 0.4) is 0 Å². The fraction of sp³-hybridized carbons (Fsp3) is 0.571. The molecule has 2 N–H and O–H groups in total. The molecule has 1 aliphatic rings. The molecule has 4 nitrogen and oxygen atoms in total. The first-order valence-corrected chi connectivity index (χ1v) is 8.26. The number of sulfonamides is 1. The van der Waals surface area contributed by atoms with Crippen molar-refractivity contribution in [1.82, 2.24) is 4.31 Å². The summed E-state index contributed by atoms with van der Waals surface area (Å²) >= 11 is 0. The first kappa shape index (κ1) is 14.3. The van der Waals surface area contributed by atoms with Crippen molar-refractivity contribution < 1.29 is 8.42 Å². The van der Waals surface area contributed by atoms with Crippen molar-refractivity contribution in [3.8, 4) is 0 Å². The summed E-state index contributed by atoms with van der Waals surface area (Å²) in [4.78, 5) is 0.284. The van der Waals surface area contributed by atoms with Crippen LogP contribution in [0.25, 0.3) is 0 Å². The fourth-order valence-corrected chi connectivity index (χ4v) is 4.61. The summed E-state index contributed by atoms with van der Waals surface area (Å²) < 4.78 is 27.1. The summed E-state index contributed by atoms with van der Waals surface area (Å²) in [6.07, 6.45) is 3.07. The number of benzene rings is 1. The Morgan fingerprint density at radius 2 is 2.16 bits per heavy atom. The van der Waals surface area contributed by atoms with Crippen molar-refractivity contribution in [3.63, 3.8) is 0 Å². The van der Waals surface area contributed by atoms with E-state index < -0.39 is 10.0 Å². The van der Waals surface area contributed by atoms with Crippen molar-refractivity contribution in [2.45, 2.75) is 38.0 Å². The van der Waals surface area contributed by atoms with Crippen molar-refractivity contribution >= 4 is 15.7 Å². The second-order valence-corrected chi connectivity index (χ2v) is 7.15. The molecule has 0 amide bonds. The maximum atomic E-state index is 12.7. The van der Waals surface area contributed by atoms with E-state index in [2.05, 4.69) is 6.92 Å². The Balaban J connectivity index is 2.37. The number of piperidine rings is 1. The number of hydrogen-bond acceptors (Lipinski definition) is 3. The van der Waals surface area contributed by atoms with Crippen molar-refractivity contribution in [3.05, 3.63) is 23.8 Å². The van der Waals surface area contributed by atoms with E-state index in [1.165, 1.54) is 0 Å². The molecule has 1 aromatic carbocycles. The van der Waals surface area contributed by atoms with E-state index in [0.717, 1.165) is 24.8 Å². The van der Waals surface area contributed by atoms with E-state index in [1.807, 2.05) is 0 Å². The molecular formula is C14H22N2O2S. The van der Waals surface area contributed by atoms with Gasteiger partial charge in [0, 0.05) is 13.1 Å². The van der Waals surface area contributed by atoms with Crippen LogP contribution in [-0.2, 0) is 10.0 Å². The minimum Gasteiger partial charge on any atom is -0.398 e. The molecule has 0 bridgehead atoms. The number of rotatable bonds is 3. The maximum absolute atomic E-state index is 12.7. The molecule has 0 spiro atoms. The molecular weight excluding hydrogens is 260 g/mol. The Bertz CT molecular complexity index is 534. The highest BCUT2D eigenvalue weighted by atomic mass is 32.2. The summed E-state index contributed by atoms with van der Waals surface area (Å²) in [5.41, 5.74) is 6.94. The third kappa shape index (κ3) is 2.77. The Labute approximate surface area is 115 Å². The van der Waals surface area contributed by atoms with Gasteiger partial charge in [-0.15, -0.1) is 0 Å². The van der Waals surface area contributed by atoms with E-state index in [4.69, 9.17) is 5.73 Å². The van der Waals surface area contributed by atoms with Crippen molar-refractivity contribution in [1.29, 1.82) is 0 Å². The van der Waals surface area contributed by atoms with Crippen LogP contribution < -0.4 is 5.73 Å². The third-order valence-electron chi connectivity index (χ3n) is 3.90. The smallest absolute Gasteiger partial charge is 0.245 e. The van der Waals surface area contributed by atoms with Gasteiger partial charge in [-0.2, -0.15) is 4.31 Å². The highest BCUT2D eigenvalue weighted by Crippen LogP contribution is 2.29. The van der Waals surface area contributed by atoms with Gasteiger partial charge in [-0.05, 0) is 37.3 Å². The summed E-state index contributed by atoms with van der Waals surface area (Å²) in [7, 11) is -3.46. The molecule has 1 fully saturated rings. The first-order valence-electron chi connectivity index (χ1n) is 6.82. The number of nitrogens with two attached hydrogens (primary N) is 1. The van der Waals surface area contributed by atoms with Gasteiger partial charge in [-0.25, -0.2) is 8.42 Å². The lowest BCUT2D eigenvalue weighted by Gasteiger charge is -2.32. The van der Waals surface area contributed by atoms with Crippen LogP contribution >= 0.6 is 0 Å². The van der Waals surface area contributed by atoms with E-state index in [-0.39, 0.29) is 4.90 Å². The molecule has 0 radical (unpaired) electrons. The van der Waals surface area contributed by atoms with Gasteiger partial charge >= 0.3 is 0 Å². The zero-order chi connectivity index (χ0) is 14.0. The SMILES string of the molecule is CCC1CCCN(S(=O)(=O)c2c(C)cccc2N)C1. The van der Waals surface area contributed by atoms with E-state index in [1.54, 1.807) is 29.4 Å². The van der Waals surface area contributed by atoms with Gasteiger partial charge < -0.3 is 5.73 Å². The van der Waals surface area contributed by atoms with Gasteiger partial charge in [0.25, 0.3) is 0 Å². The quantitative estimate of drug-likeness (QED) is 0.866. The number of aryl methyl sites for hydroxylation is 1. The lowest BCUT2D eigenvalue weighted by Crippen LogP contribution is -2.40. The highest BCUT2D eigenvalue weighted by Gasteiger charge is 2.31. The molecule has 0 aliphatic carbocycles. The molecule has 1 heterocycles. The van der Waals surface area contributed by atoms with Gasteiger partial charge in [0.05, 0.1) is 5.69 Å². The van der Waals surface area contributed by atoms with Gasteiger partial charge in [-0.1, -0.05) is 25.5 Å². The van der Waals surface area contributed by atoms with Gasteiger partial charge in [0.1, 0.15) is 4.90 Å². The van der Waals surface area contributed by atoms with Crippen LogP contribution in [-0.4, -0.2) is 25.8 Å². The van der Waals surface area contributed by atoms with Crippen molar-refractivity contribution in [2.24, 2.45) is 5.92 Å². The summed E-state index contributed by atoms with van der Waals surface area (Å²) in [5.74, 6) is 0.466. The van der Waals surface area contributed by atoms with Gasteiger partial charge in [0.15, 0.2) is 0 Å². The molecule has 1 aromatic rings. The topological polar surface area (TPSA) is 63.4 Å². The van der Waals surface area contributed by atoms with Gasteiger partial charge in [0.2, 0.25) is 10.0 Å². The first-order chi connectivity index (χ1) is 8.96. The maximum Gasteiger partial charge on any atom is 0.245 e. The van der Waals surface area contributed by atoms with Crippen LogP contribution in [0.1, 0.15) is 31.7 Å². The second kappa shape index (κ2) is 5.51.